The second-order valence-electron chi connectivity index (χ2n) is 5.69. The zero-order chi connectivity index (χ0) is 14.7. The molecular formula is C17H23N3O. The molecule has 1 aliphatic carbocycles. The van der Waals surface area contributed by atoms with Crippen LogP contribution in [0.4, 0.5) is 5.82 Å². The number of nitrogens with two attached hydrogens (primary N) is 1. The van der Waals surface area contributed by atoms with Crippen molar-refractivity contribution in [3.63, 3.8) is 0 Å². The standard InChI is InChI=1S/C17H23N3O/c1-2-21-14-8-9-16-13(10-14)11-15(17(19-16)20-18)12-6-4-3-5-7-12/h8-12H,2-7,18H2,1H3,(H,19,20). The van der Waals surface area contributed by atoms with Gasteiger partial charge < -0.3 is 10.2 Å². The van der Waals surface area contributed by atoms with Crippen LogP contribution in [0, 0.1) is 0 Å². The minimum absolute atomic E-state index is 0.567. The van der Waals surface area contributed by atoms with Gasteiger partial charge in [-0.2, -0.15) is 0 Å². The van der Waals surface area contributed by atoms with E-state index in [0.29, 0.717) is 12.5 Å². The van der Waals surface area contributed by atoms with Crippen LogP contribution in [0.25, 0.3) is 10.9 Å². The van der Waals surface area contributed by atoms with E-state index in [2.05, 4.69) is 22.5 Å². The summed E-state index contributed by atoms with van der Waals surface area (Å²) >= 11 is 0. The number of benzene rings is 1. The Balaban J connectivity index is 2.03. The summed E-state index contributed by atoms with van der Waals surface area (Å²) in [5, 5.41) is 1.13. The zero-order valence-electron chi connectivity index (χ0n) is 12.6. The van der Waals surface area contributed by atoms with Gasteiger partial charge in [-0.1, -0.05) is 19.3 Å². The van der Waals surface area contributed by atoms with Crippen LogP contribution in [0.1, 0.15) is 50.5 Å². The van der Waals surface area contributed by atoms with Crippen LogP contribution >= 0.6 is 0 Å². The molecule has 0 atom stereocenters. The van der Waals surface area contributed by atoms with Gasteiger partial charge in [0.15, 0.2) is 0 Å². The fourth-order valence-electron chi connectivity index (χ4n) is 3.27. The first kappa shape index (κ1) is 14.1. The van der Waals surface area contributed by atoms with E-state index < -0.39 is 0 Å². The molecule has 112 valence electrons. The first-order chi connectivity index (χ1) is 10.3. The van der Waals surface area contributed by atoms with Crippen LogP contribution < -0.4 is 16.0 Å². The van der Waals surface area contributed by atoms with Gasteiger partial charge >= 0.3 is 0 Å². The molecule has 1 saturated carbocycles. The molecule has 21 heavy (non-hydrogen) atoms. The van der Waals surface area contributed by atoms with Gasteiger partial charge in [0.05, 0.1) is 12.1 Å². The number of rotatable bonds is 4. The molecule has 4 heteroatoms. The maximum atomic E-state index is 5.69. The summed E-state index contributed by atoms with van der Waals surface area (Å²) in [4.78, 5) is 4.68. The molecule has 1 aromatic heterocycles. The van der Waals surface area contributed by atoms with Crippen molar-refractivity contribution in [3.05, 3.63) is 29.8 Å². The number of nitrogens with zero attached hydrogens (tertiary/aromatic N) is 1. The molecule has 0 unspecified atom stereocenters. The Hall–Kier alpha value is -1.81. The van der Waals surface area contributed by atoms with E-state index >= 15 is 0 Å². The molecule has 0 bridgehead atoms. The number of hydrogen-bond acceptors (Lipinski definition) is 4. The molecule has 1 aliphatic rings. The van der Waals surface area contributed by atoms with Gasteiger partial charge in [0.1, 0.15) is 11.6 Å². The fraction of sp³-hybridized carbons (Fsp3) is 0.471. The summed E-state index contributed by atoms with van der Waals surface area (Å²) in [6.07, 6.45) is 6.40. The van der Waals surface area contributed by atoms with E-state index in [1.807, 2.05) is 19.1 Å². The fourth-order valence-corrected chi connectivity index (χ4v) is 3.27. The number of nitrogen functional groups attached to an aromatic ring is 1. The summed E-state index contributed by atoms with van der Waals surface area (Å²) in [6, 6.07) is 8.25. The second kappa shape index (κ2) is 6.31. The van der Waals surface area contributed by atoms with Gasteiger partial charge in [-0.05, 0) is 55.5 Å². The Bertz CT molecular complexity index is 621. The Morgan fingerprint density at radius 3 is 2.76 bits per heavy atom. The summed E-state index contributed by atoms with van der Waals surface area (Å²) in [5.41, 5.74) is 4.98. The normalized spacial score (nSPS) is 16.1. The van der Waals surface area contributed by atoms with Crippen molar-refractivity contribution >= 4 is 16.7 Å². The molecule has 0 spiro atoms. The zero-order valence-corrected chi connectivity index (χ0v) is 12.6. The van der Waals surface area contributed by atoms with Crippen molar-refractivity contribution in [2.24, 2.45) is 5.84 Å². The number of ether oxygens (including phenoxy) is 1. The quantitative estimate of drug-likeness (QED) is 0.659. The molecule has 0 radical (unpaired) electrons. The van der Waals surface area contributed by atoms with Crippen LogP contribution in [0.2, 0.25) is 0 Å². The Kier molecular flexibility index (Phi) is 4.25. The van der Waals surface area contributed by atoms with E-state index in [1.165, 1.54) is 37.7 Å². The smallest absolute Gasteiger partial charge is 0.144 e. The second-order valence-corrected chi connectivity index (χ2v) is 5.69. The van der Waals surface area contributed by atoms with E-state index in [1.54, 1.807) is 0 Å². The first-order valence-corrected chi connectivity index (χ1v) is 7.86. The lowest BCUT2D eigenvalue weighted by molar-refractivity contribution is 0.340. The Labute approximate surface area is 125 Å². The number of pyridine rings is 1. The van der Waals surface area contributed by atoms with E-state index in [0.717, 1.165) is 22.5 Å². The largest absolute Gasteiger partial charge is 0.494 e. The number of hydrogen-bond donors (Lipinski definition) is 2. The van der Waals surface area contributed by atoms with Crippen LogP contribution in [-0.2, 0) is 0 Å². The SMILES string of the molecule is CCOc1ccc2nc(NN)c(C3CCCCC3)cc2c1. The molecule has 1 fully saturated rings. The van der Waals surface area contributed by atoms with Crippen molar-refractivity contribution in [1.29, 1.82) is 0 Å². The molecule has 3 N–H and O–H groups in total. The molecule has 0 saturated heterocycles. The molecular weight excluding hydrogens is 262 g/mol. The van der Waals surface area contributed by atoms with Gasteiger partial charge in [-0.25, -0.2) is 10.8 Å². The number of fused-ring (bicyclic) bond motifs is 1. The van der Waals surface area contributed by atoms with Crippen molar-refractivity contribution in [1.82, 2.24) is 4.98 Å². The maximum Gasteiger partial charge on any atom is 0.144 e. The number of anilines is 1. The number of hydrazine groups is 1. The lowest BCUT2D eigenvalue weighted by Gasteiger charge is -2.24. The van der Waals surface area contributed by atoms with Crippen LogP contribution in [0.3, 0.4) is 0 Å². The molecule has 1 aromatic carbocycles. The summed E-state index contributed by atoms with van der Waals surface area (Å²) < 4.78 is 5.59. The van der Waals surface area contributed by atoms with Crippen molar-refractivity contribution in [2.75, 3.05) is 12.0 Å². The summed E-state index contributed by atoms with van der Waals surface area (Å²) in [6.45, 7) is 2.67. The molecule has 0 aliphatic heterocycles. The monoisotopic (exact) mass is 285 g/mol. The average molecular weight is 285 g/mol. The summed E-state index contributed by atoms with van der Waals surface area (Å²) in [7, 11) is 0. The number of aromatic nitrogens is 1. The van der Waals surface area contributed by atoms with Crippen LogP contribution in [0.5, 0.6) is 5.75 Å². The lowest BCUT2D eigenvalue weighted by atomic mass is 9.84. The predicted octanol–water partition coefficient (Wildman–Crippen LogP) is 3.97. The van der Waals surface area contributed by atoms with Crippen LogP contribution in [0.15, 0.2) is 24.3 Å². The molecule has 3 rings (SSSR count). The van der Waals surface area contributed by atoms with Gasteiger partial charge in [-0.3, -0.25) is 0 Å². The van der Waals surface area contributed by atoms with E-state index in [4.69, 9.17) is 10.6 Å². The van der Waals surface area contributed by atoms with Gasteiger partial charge in [0, 0.05) is 5.39 Å². The lowest BCUT2D eigenvalue weighted by Crippen LogP contribution is -2.14. The molecule has 1 heterocycles. The maximum absolute atomic E-state index is 5.69. The predicted molar refractivity (Wildman–Crippen MR) is 86.5 cm³/mol. The van der Waals surface area contributed by atoms with Gasteiger partial charge in [0.2, 0.25) is 0 Å². The van der Waals surface area contributed by atoms with E-state index in [-0.39, 0.29) is 0 Å². The number of nitrogens with one attached hydrogen (secondary N) is 1. The highest BCUT2D eigenvalue weighted by atomic mass is 16.5. The highest BCUT2D eigenvalue weighted by Crippen LogP contribution is 2.37. The summed E-state index contributed by atoms with van der Waals surface area (Å²) in [5.74, 6) is 7.97. The van der Waals surface area contributed by atoms with Crippen molar-refractivity contribution in [3.8, 4) is 5.75 Å². The molecule has 2 aromatic rings. The third kappa shape index (κ3) is 2.95. The first-order valence-electron chi connectivity index (χ1n) is 7.86. The van der Waals surface area contributed by atoms with Gasteiger partial charge in [-0.15, -0.1) is 0 Å². The topological polar surface area (TPSA) is 60.2 Å². The highest BCUT2D eigenvalue weighted by Gasteiger charge is 2.20. The Morgan fingerprint density at radius 2 is 2.05 bits per heavy atom. The van der Waals surface area contributed by atoms with Crippen molar-refractivity contribution in [2.45, 2.75) is 44.9 Å². The minimum Gasteiger partial charge on any atom is -0.494 e. The third-order valence-electron chi connectivity index (χ3n) is 4.31. The average Bonchev–Trinajstić information content (AvgIpc) is 2.54. The van der Waals surface area contributed by atoms with Crippen LogP contribution in [-0.4, -0.2) is 11.6 Å². The minimum atomic E-state index is 0.567. The van der Waals surface area contributed by atoms with Crippen molar-refractivity contribution < 1.29 is 4.74 Å². The molecule has 4 nitrogen and oxygen atoms in total. The third-order valence-corrected chi connectivity index (χ3v) is 4.31. The van der Waals surface area contributed by atoms with Gasteiger partial charge in [0.25, 0.3) is 0 Å². The highest BCUT2D eigenvalue weighted by molar-refractivity contribution is 5.83. The van der Waals surface area contributed by atoms with E-state index in [9.17, 15) is 0 Å². The Morgan fingerprint density at radius 1 is 1.24 bits per heavy atom. The molecule has 0 amide bonds.